The number of rotatable bonds is 9. The molecule has 1 aromatic heterocycles. The molecular formula is C20H28ClFN6O3. The first-order valence-corrected chi connectivity index (χ1v) is 11.1. The van der Waals surface area contributed by atoms with Gasteiger partial charge in [-0.15, -0.1) is 0 Å². The molecule has 3 atom stereocenters. The van der Waals surface area contributed by atoms with Crippen LogP contribution < -0.4 is 15.8 Å². The Kier molecular flexibility index (Phi) is 6.20. The van der Waals surface area contributed by atoms with Crippen molar-refractivity contribution in [3.8, 4) is 0 Å². The number of fused-ring (bicyclic) bond motifs is 1. The molecule has 3 N–H and O–H groups in total. The molecule has 0 aromatic carbocycles. The van der Waals surface area contributed by atoms with Crippen molar-refractivity contribution in [2.75, 3.05) is 30.0 Å². The maximum atomic E-state index is 15.1. The van der Waals surface area contributed by atoms with Crippen LogP contribution in [0.4, 0.5) is 16.0 Å². The van der Waals surface area contributed by atoms with Crippen molar-refractivity contribution in [2.45, 2.75) is 45.4 Å². The Hall–Kier alpha value is -2.20. The summed E-state index contributed by atoms with van der Waals surface area (Å²) < 4.78 is 15.1. The fraction of sp³-hybridized carbons (Fsp3) is 0.700. The van der Waals surface area contributed by atoms with Crippen LogP contribution in [0, 0.1) is 29.0 Å². The summed E-state index contributed by atoms with van der Waals surface area (Å²) in [7, 11) is 0. The molecule has 11 heteroatoms. The molecule has 2 unspecified atom stereocenters. The summed E-state index contributed by atoms with van der Waals surface area (Å²) in [6.07, 6.45) is 6.17. The summed E-state index contributed by atoms with van der Waals surface area (Å²) >= 11 is 6.01. The number of nitrogens with one attached hydrogen (secondary N) is 2. The molecule has 2 heterocycles. The van der Waals surface area contributed by atoms with Gasteiger partial charge >= 0.3 is 0 Å². The Morgan fingerprint density at radius 2 is 2.19 bits per heavy atom. The first-order chi connectivity index (χ1) is 14.8. The Balaban J connectivity index is 1.42. The first-order valence-electron chi connectivity index (χ1n) is 10.7. The van der Waals surface area contributed by atoms with E-state index in [2.05, 4.69) is 27.7 Å². The van der Waals surface area contributed by atoms with Gasteiger partial charge in [0.2, 0.25) is 23.4 Å². The summed E-state index contributed by atoms with van der Waals surface area (Å²) in [6.45, 7) is 3.45. The second-order valence-corrected chi connectivity index (χ2v) is 9.68. The fourth-order valence-electron chi connectivity index (χ4n) is 5.02. The lowest BCUT2D eigenvalue weighted by Gasteiger charge is -2.24. The molecule has 1 aromatic rings. The summed E-state index contributed by atoms with van der Waals surface area (Å²) in [5.41, 5.74) is 5.19. The lowest BCUT2D eigenvalue weighted by atomic mass is 9.92. The number of piperidine rings is 1. The van der Waals surface area contributed by atoms with Gasteiger partial charge in [-0.2, -0.15) is 14.4 Å². The third-order valence-corrected chi connectivity index (χ3v) is 7.10. The zero-order valence-electron chi connectivity index (χ0n) is 17.5. The maximum absolute atomic E-state index is 15.1. The van der Waals surface area contributed by atoms with E-state index in [1.807, 2.05) is 4.90 Å². The van der Waals surface area contributed by atoms with Gasteiger partial charge in [0.1, 0.15) is 0 Å². The van der Waals surface area contributed by atoms with Gasteiger partial charge in [-0.25, -0.2) is 5.06 Å². The van der Waals surface area contributed by atoms with E-state index in [4.69, 9.17) is 11.6 Å². The van der Waals surface area contributed by atoms with Crippen molar-refractivity contribution in [3.63, 3.8) is 0 Å². The number of carbonyl (C=O) groups excluding carboxylic acids is 2. The van der Waals surface area contributed by atoms with E-state index in [0.717, 1.165) is 32.1 Å². The van der Waals surface area contributed by atoms with Gasteiger partial charge in [0, 0.05) is 13.1 Å². The molecule has 31 heavy (non-hydrogen) atoms. The lowest BCUT2D eigenvalue weighted by molar-refractivity contribution is -0.154. The zero-order valence-corrected chi connectivity index (χ0v) is 18.2. The highest BCUT2D eigenvalue weighted by atomic mass is 35.5. The van der Waals surface area contributed by atoms with Crippen LogP contribution in [0.2, 0.25) is 5.28 Å². The smallest absolute Gasteiger partial charge is 0.243 e. The number of hydrogen-bond acceptors (Lipinski definition) is 7. The number of hydrogen-bond donors (Lipinski definition) is 3. The van der Waals surface area contributed by atoms with Crippen LogP contribution in [0.1, 0.15) is 45.4 Å². The molecule has 4 rings (SSSR count). The molecule has 2 saturated carbocycles. The monoisotopic (exact) mass is 454 g/mol. The second kappa shape index (κ2) is 8.74. The highest BCUT2D eigenvalue weighted by Gasteiger charge is 2.56. The molecule has 9 nitrogen and oxygen atoms in total. The number of anilines is 2. The van der Waals surface area contributed by atoms with Gasteiger partial charge in [0.05, 0.1) is 12.5 Å². The number of amides is 2. The van der Waals surface area contributed by atoms with Gasteiger partial charge in [0.15, 0.2) is 11.6 Å². The molecule has 0 radical (unpaired) electrons. The number of nitrogens with zero attached hydrogens (tertiary/aromatic N) is 4. The van der Waals surface area contributed by atoms with Gasteiger partial charge in [-0.3, -0.25) is 25.6 Å². The second-order valence-electron chi connectivity index (χ2n) is 9.34. The van der Waals surface area contributed by atoms with E-state index in [-0.39, 0.29) is 35.3 Å². The van der Waals surface area contributed by atoms with Crippen LogP contribution in [-0.4, -0.2) is 52.2 Å². The van der Waals surface area contributed by atoms with Gasteiger partial charge in [-0.05, 0) is 41.7 Å². The van der Waals surface area contributed by atoms with Crippen molar-refractivity contribution in [2.24, 2.45) is 23.2 Å². The summed E-state index contributed by atoms with van der Waals surface area (Å²) in [4.78, 5) is 33.4. The van der Waals surface area contributed by atoms with Crippen LogP contribution in [-0.2, 0) is 9.59 Å². The molecule has 2 amide bonds. The third kappa shape index (κ3) is 4.85. The number of hydroxylamine groups is 2. The standard InChI is InChI=1S/C20H28ClFN6O3/c1-20-7-14(20)9-27(10-20)17-15(22)16(23-19(21)24-17)25-26-18(30)13(8-28(31)11-29)6-12-4-2-3-5-12/h11-14,31H,2-10H2,1H3,(H,26,30)(H,23,24,25)/t13-,14?,20?/m1/s1. The minimum absolute atomic E-state index is 0.121. The molecule has 3 aliphatic rings. The van der Waals surface area contributed by atoms with E-state index < -0.39 is 17.6 Å². The molecule has 170 valence electrons. The average molecular weight is 455 g/mol. The minimum Gasteiger partial charge on any atom is -0.353 e. The molecule has 1 aliphatic heterocycles. The molecular weight excluding hydrogens is 427 g/mol. The Morgan fingerprint density at radius 1 is 1.45 bits per heavy atom. The summed E-state index contributed by atoms with van der Waals surface area (Å²) in [6, 6.07) is 0. The van der Waals surface area contributed by atoms with E-state index in [1.54, 1.807) is 0 Å². The SMILES string of the molecule is CC12CC1CN(c1nc(Cl)nc(NNC(=O)[C@H](CC3CCCC3)CN(O)C=O)c1F)C2. The largest absolute Gasteiger partial charge is 0.353 e. The van der Waals surface area contributed by atoms with Gasteiger partial charge < -0.3 is 4.90 Å². The van der Waals surface area contributed by atoms with Crippen LogP contribution >= 0.6 is 11.6 Å². The van der Waals surface area contributed by atoms with E-state index in [1.165, 1.54) is 0 Å². The summed E-state index contributed by atoms with van der Waals surface area (Å²) in [5.74, 6) is -0.989. The number of hydrazine groups is 1. The van der Waals surface area contributed by atoms with E-state index >= 15 is 4.39 Å². The first kappa shape index (κ1) is 22.0. The average Bonchev–Trinajstić information content (AvgIpc) is 3.08. The Bertz CT molecular complexity index is 854. The van der Waals surface area contributed by atoms with Crippen molar-refractivity contribution >= 4 is 35.6 Å². The highest BCUT2D eigenvalue weighted by molar-refractivity contribution is 6.28. The molecule has 3 fully saturated rings. The number of halogens is 2. The van der Waals surface area contributed by atoms with Crippen LogP contribution in [0.15, 0.2) is 0 Å². The van der Waals surface area contributed by atoms with Crippen molar-refractivity contribution in [3.05, 3.63) is 11.1 Å². The quantitative estimate of drug-likeness (QED) is 0.227. The van der Waals surface area contributed by atoms with E-state index in [9.17, 15) is 14.8 Å². The number of aromatic nitrogens is 2. The molecule has 0 bridgehead atoms. The van der Waals surface area contributed by atoms with Crippen LogP contribution in [0.25, 0.3) is 0 Å². The minimum atomic E-state index is -0.682. The predicted octanol–water partition coefficient (Wildman–Crippen LogP) is 2.60. The van der Waals surface area contributed by atoms with Crippen molar-refractivity contribution < 1.29 is 19.2 Å². The topological polar surface area (TPSA) is 111 Å². The third-order valence-electron chi connectivity index (χ3n) is 6.93. The maximum Gasteiger partial charge on any atom is 0.243 e. The van der Waals surface area contributed by atoms with Gasteiger partial charge in [-0.1, -0.05) is 32.6 Å². The predicted molar refractivity (Wildman–Crippen MR) is 112 cm³/mol. The highest BCUT2D eigenvalue weighted by Crippen LogP contribution is 2.58. The molecule has 1 saturated heterocycles. The van der Waals surface area contributed by atoms with Crippen LogP contribution in [0.5, 0.6) is 0 Å². The number of carbonyl (C=O) groups is 2. The summed E-state index contributed by atoms with van der Waals surface area (Å²) in [5, 5.41) is 9.92. The van der Waals surface area contributed by atoms with Crippen LogP contribution in [0.3, 0.4) is 0 Å². The molecule has 2 aliphatic carbocycles. The van der Waals surface area contributed by atoms with E-state index in [0.29, 0.717) is 36.4 Å². The van der Waals surface area contributed by atoms with Crippen molar-refractivity contribution in [1.82, 2.24) is 20.5 Å². The molecule has 0 spiro atoms. The van der Waals surface area contributed by atoms with Gasteiger partial charge in [0.25, 0.3) is 0 Å². The fourth-order valence-corrected chi connectivity index (χ4v) is 5.18. The normalized spacial score (nSPS) is 25.8. The Labute approximate surface area is 185 Å². The van der Waals surface area contributed by atoms with Crippen molar-refractivity contribution in [1.29, 1.82) is 0 Å². The Morgan fingerprint density at radius 3 is 2.84 bits per heavy atom. The zero-order chi connectivity index (χ0) is 22.2. The lowest BCUT2D eigenvalue weighted by Crippen LogP contribution is -2.41.